The van der Waals surface area contributed by atoms with Crippen LogP contribution in [0.2, 0.25) is 0 Å². The average molecular weight is 282 g/mol. The minimum atomic E-state index is -0.519. The number of nitro groups is 1. The molecule has 0 saturated carbocycles. The van der Waals surface area contributed by atoms with Gasteiger partial charge in [-0.1, -0.05) is 0 Å². The van der Waals surface area contributed by atoms with E-state index in [2.05, 4.69) is 15.4 Å². The summed E-state index contributed by atoms with van der Waals surface area (Å²) in [5, 5.41) is 11.2. The van der Waals surface area contributed by atoms with E-state index in [1.165, 1.54) is 6.33 Å². The van der Waals surface area contributed by atoms with E-state index in [-0.39, 0.29) is 23.4 Å². The van der Waals surface area contributed by atoms with Gasteiger partial charge < -0.3 is 15.1 Å². The highest BCUT2D eigenvalue weighted by molar-refractivity contribution is 5.70. The number of ether oxygens (including phenoxy) is 1. The number of nitrogens with one attached hydrogen (secondary N) is 1. The molecule has 1 fully saturated rings. The van der Waals surface area contributed by atoms with Crippen LogP contribution < -0.4 is 16.2 Å². The summed E-state index contributed by atoms with van der Waals surface area (Å²) in [6.45, 7) is 3.84. The van der Waals surface area contributed by atoms with Crippen LogP contribution in [-0.2, 0) is 4.74 Å². The Morgan fingerprint density at radius 3 is 3.10 bits per heavy atom. The first-order valence-electron chi connectivity index (χ1n) is 6.50. The van der Waals surface area contributed by atoms with E-state index in [1.807, 2.05) is 11.8 Å². The summed E-state index contributed by atoms with van der Waals surface area (Å²) in [6, 6.07) is 0. The van der Waals surface area contributed by atoms with Crippen LogP contribution in [0.25, 0.3) is 0 Å². The zero-order chi connectivity index (χ0) is 14.5. The van der Waals surface area contributed by atoms with E-state index < -0.39 is 4.92 Å². The Balaban J connectivity index is 2.29. The molecule has 1 saturated heterocycles. The van der Waals surface area contributed by atoms with Gasteiger partial charge >= 0.3 is 5.69 Å². The van der Waals surface area contributed by atoms with Gasteiger partial charge in [0.1, 0.15) is 6.33 Å². The third-order valence-electron chi connectivity index (χ3n) is 3.20. The average Bonchev–Trinajstić information content (AvgIpc) is 2.47. The van der Waals surface area contributed by atoms with E-state index >= 15 is 0 Å². The maximum absolute atomic E-state index is 11.2. The van der Waals surface area contributed by atoms with Crippen LogP contribution in [0, 0.1) is 10.1 Å². The van der Waals surface area contributed by atoms with Crippen molar-refractivity contribution in [2.75, 3.05) is 30.0 Å². The van der Waals surface area contributed by atoms with Crippen molar-refractivity contribution in [2.45, 2.75) is 25.9 Å². The molecule has 110 valence electrons. The van der Waals surface area contributed by atoms with Gasteiger partial charge in [0.2, 0.25) is 11.6 Å². The predicted molar refractivity (Wildman–Crippen MR) is 73.4 cm³/mol. The van der Waals surface area contributed by atoms with Crippen LogP contribution in [0.3, 0.4) is 0 Å². The molecule has 0 aromatic carbocycles. The van der Waals surface area contributed by atoms with E-state index in [4.69, 9.17) is 10.6 Å². The van der Waals surface area contributed by atoms with Gasteiger partial charge in [0.15, 0.2) is 0 Å². The second kappa shape index (κ2) is 6.44. The van der Waals surface area contributed by atoms with Gasteiger partial charge in [0.05, 0.1) is 11.0 Å². The predicted octanol–water partition coefficient (Wildman–Crippen LogP) is 0.676. The summed E-state index contributed by atoms with van der Waals surface area (Å²) < 4.78 is 5.60. The number of aromatic nitrogens is 2. The Bertz CT molecular complexity index is 481. The highest BCUT2D eigenvalue weighted by Gasteiger charge is 2.30. The first-order chi connectivity index (χ1) is 9.67. The number of hydrazine groups is 1. The molecule has 0 spiro atoms. The van der Waals surface area contributed by atoms with E-state index in [9.17, 15) is 10.1 Å². The van der Waals surface area contributed by atoms with Crippen LogP contribution >= 0.6 is 0 Å². The normalized spacial score (nSPS) is 18.9. The molecule has 1 aromatic heterocycles. The number of nitrogens with two attached hydrogens (primary N) is 1. The van der Waals surface area contributed by atoms with Gasteiger partial charge in [-0.3, -0.25) is 10.1 Å². The van der Waals surface area contributed by atoms with Crippen LogP contribution in [-0.4, -0.2) is 40.7 Å². The molecule has 0 bridgehead atoms. The molecule has 1 aromatic rings. The molecular weight excluding hydrogens is 264 g/mol. The molecule has 1 aliphatic heterocycles. The van der Waals surface area contributed by atoms with Gasteiger partial charge in [0, 0.05) is 19.7 Å². The molecule has 1 atom stereocenters. The molecule has 2 rings (SSSR count). The number of anilines is 2. The SMILES string of the molecule is CCOC1CCCN(c2ncnc(NN)c2[N+](=O)[O-])C1. The summed E-state index contributed by atoms with van der Waals surface area (Å²) in [5.41, 5.74) is 2.04. The highest BCUT2D eigenvalue weighted by Crippen LogP contribution is 2.32. The van der Waals surface area contributed by atoms with Gasteiger partial charge in [-0.05, 0) is 19.8 Å². The topological polar surface area (TPSA) is 119 Å². The third kappa shape index (κ3) is 2.94. The zero-order valence-electron chi connectivity index (χ0n) is 11.3. The highest BCUT2D eigenvalue weighted by atomic mass is 16.6. The largest absolute Gasteiger partial charge is 0.377 e. The van der Waals surface area contributed by atoms with Crippen LogP contribution in [0.5, 0.6) is 0 Å². The van der Waals surface area contributed by atoms with Gasteiger partial charge in [-0.25, -0.2) is 15.8 Å². The molecule has 0 amide bonds. The lowest BCUT2D eigenvalue weighted by atomic mass is 10.1. The van der Waals surface area contributed by atoms with E-state index in [0.29, 0.717) is 19.7 Å². The standard InChI is InChI=1S/C11H18N6O3/c1-2-20-8-4-3-5-16(6-8)11-9(17(18)19)10(15-12)13-7-14-11/h7-8H,2-6,12H2,1H3,(H,13,14,15). The number of hydrogen-bond acceptors (Lipinski definition) is 8. The van der Waals surface area contributed by atoms with Crippen molar-refractivity contribution >= 4 is 17.3 Å². The first-order valence-corrected chi connectivity index (χ1v) is 6.50. The number of hydrogen-bond donors (Lipinski definition) is 2. The van der Waals surface area contributed by atoms with Crippen molar-refractivity contribution in [1.82, 2.24) is 9.97 Å². The molecule has 0 aliphatic carbocycles. The Hall–Kier alpha value is -2.00. The molecule has 20 heavy (non-hydrogen) atoms. The van der Waals surface area contributed by atoms with Crippen molar-refractivity contribution < 1.29 is 9.66 Å². The molecule has 3 N–H and O–H groups in total. The monoisotopic (exact) mass is 282 g/mol. The molecule has 2 heterocycles. The Kier molecular flexibility index (Phi) is 4.64. The fourth-order valence-electron chi connectivity index (χ4n) is 2.38. The summed E-state index contributed by atoms with van der Waals surface area (Å²) in [5.74, 6) is 5.57. The number of piperidine rings is 1. The molecule has 1 unspecified atom stereocenters. The van der Waals surface area contributed by atoms with E-state index in [1.54, 1.807) is 0 Å². The lowest BCUT2D eigenvalue weighted by molar-refractivity contribution is -0.383. The van der Waals surface area contributed by atoms with Crippen molar-refractivity contribution in [3.63, 3.8) is 0 Å². The molecule has 0 radical (unpaired) electrons. The molecular formula is C11H18N6O3. The number of rotatable bonds is 5. The molecule has 9 heteroatoms. The van der Waals surface area contributed by atoms with E-state index in [0.717, 1.165) is 12.8 Å². The first kappa shape index (κ1) is 14.4. The maximum Gasteiger partial charge on any atom is 0.354 e. The summed E-state index contributed by atoms with van der Waals surface area (Å²) >= 11 is 0. The second-order valence-corrected chi connectivity index (χ2v) is 4.46. The lowest BCUT2D eigenvalue weighted by Gasteiger charge is -2.32. The van der Waals surface area contributed by atoms with Gasteiger partial charge in [-0.2, -0.15) is 0 Å². The lowest BCUT2D eigenvalue weighted by Crippen LogP contribution is -2.40. The quantitative estimate of drug-likeness (QED) is 0.459. The van der Waals surface area contributed by atoms with Crippen molar-refractivity contribution in [1.29, 1.82) is 0 Å². The number of nitrogen functional groups attached to an aromatic ring is 1. The number of nitrogens with zero attached hydrogens (tertiary/aromatic N) is 4. The fraction of sp³-hybridized carbons (Fsp3) is 0.636. The Labute approximate surface area is 116 Å². The molecule has 9 nitrogen and oxygen atoms in total. The summed E-state index contributed by atoms with van der Waals surface area (Å²) in [7, 11) is 0. The van der Waals surface area contributed by atoms with Gasteiger partial charge in [-0.15, -0.1) is 0 Å². The smallest absolute Gasteiger partial charge is 0.354 e. The van der Waals surface area contributed by atoms with Crippen LogP contribution in [0.4, 0.5) is 17.3 Å². The maximum atomic E-state index is 11.2. The van der Waals surface area contributed by atoms with Crippen molar-refractivity contribution in [3.8, 4) is 0 Å². The van der Waals surface area contributed by atoms with Crippen molar-refractivity contribution in [3.05, 3.63) is 16.4 Å². The summed E-state index contributed by atoms with van der Waals surface area (Å²) in [4.78, 5) is 20.4. The van der Waals surface area contributed by atoms with Crippen molar-refractivity contribution in [2.24, 2.45) is 5.84 Å². The minimum absolute atomic E-state index is 0.0125. The second-order valence-electron chi connectivity index (χ2n) is 4.46. The van der Waals surface area contributed by atoms with Gasteiger partial charge in [0.25, 0.3) is 0 Å². The Morgan fingerprint density at radius 2 is 2.45 bits per heavy atom. The fourth-order valence-corrected chi connectivity index (χ4v) is 2.38. The van der Waals surface area contributed by atoms with Crippen LogP contribution in [0.1, 0.15) is 19.8 Å². The van der Waals surface area contributed by atoms with Crippen LogP contribution in [0.15, 0.2) is 6.33 Å². The minimum Gasteiger partial charge on any atom is -0.377 e. The third-order valence-corrected chi connectivity index (χ3v) is 3.20. The Morgan fingerprint density at radius 1 is 1.65 bits per heavy atom. The summed E-state index contributed by atoms with van der Waals surface area (Å²) in [6.07, 6.45) is 3.18. The molecule has 1 aliphatic rings. The zero-order valence-corrected chi connectivity index (χ0v) is 11.3.